The van der Waals surface area contributed by atoms with E-state index in [0.717, 1.165) is 67.8 Å². The molecule has 1 aromatic rings. The average Bonchev–Trinajstić information content (AvgIpc) is 2.87. The van der Waals surface area contributed by atoms with Gasteiger partial charge in [-0.15, -0.1) is 0 Å². The summed E-state index contributed by atoms with van der Waals surface area (Å²) >= 11 is 0. The van der Waals surface area contributed by atoms with Gasteiger partial charge >= 0.3 is 0 Å². The van der Waals surface area contributed by atoms with Crippen LogP contribution in [0.25, 0.3) is 0 Å². The normalized spacial score (nSPS) is 29.1. The largest absolute Gasteiger partial charge is 0.487 e. The lowest BCUT2D eigenvalue weighted by Crippen LogP contribution is -2.25. The number of ether oxygens (including phenoxy) is 1. The molecule has 2 fully saturated rings. The Bertz CT molecular complexity index is 791. The van der Waals surface area contributed by atoms with Crippen LogP contribution in [0.5, 0.6) is 5.75 Å². The minimum atomic E-state index is -2.80. The highest BCUT2D eigenvalue weighted by Gasteiger charge is 2.31. The molecule has 198 valence electrons. The molecule has 1 aromatic carbocycles. The number of fused-ring (bicyclic) bond motifs is 1. The quantitative estimate of drug-likeness (QED) is 0.295. The molecule has 0 bridgehead atoms. The Morgan fingerprint density at radius 1 is 0.857 bits per heavy atom. The molecule has 1 atom stereocenters. The average molecular weight is 493 g/mol. The molecule has 0 N–H and O–H groups in total. The SMILES string of the molecule is CCCC1CCc2cc(CCCCC3CCC(C4CCC(CC)CC4)CC3)c(C(F)F)c(F)c2O1. The molecule has 0 amide bonds. The molecule has 3 aliphatic rings. The zero-order valence-electron chi connectivity index (χ0n) is 22.1. The molecular weight excluding hydrogens is 445 g/mol. The van der Waals surface area contributed by atoms with Gasteiger partial charge in [0.05, 0.1) is 11.7 Å². The lowest BCUT2D eigenvalue weighted by Gasteiger charge is -2.37. The third kappa shape index (κ3) is 6.77. The van der Waals surface area contributed by atoms with Crippen LogP contribution in [0.3, 0.4) is 0 Å². The Labute approximate surface area is 211 Å². The van der Waals surface area contributed by atoms with E-state index in [4.69, 9.17) is 4.74 Å². The number of rotatable bonds is 10. The van der Waals surface area contributed by atoms with Gasteiger partial charge in [0.2, 0.25) is 0 Å². The van der Waals surface area contributed by atoms with E-state index in [1.807, 2.05) is 6.07 Å². The predicted octanol–water partition coefficient (Wildman–Crippen LogP) is 9.99. The van der Waals surface area contributed by atoms with Crippen LogP contribution in [0, 0.1) is 29.5 Å². The predicted molar refractivity (Wildman–Crippen MR) is 138 cm³/mol. The summed E-state index contributed by atoms with van der Waals surface area (Å²) in [6.07, 6.45) is 16.7. The van der Waals surface area contributed by atoms with Crippen LogP contribution in [0.4, 0.5) is 13.2 Å². The Balaban J connectivity index is 1.24. The van der Waals surface area contributed by atoms with Crippen LogP contribution >= 0.6 is 0 Å². The topological polar surface area (TPSA) is 9.23 Å². The molecule has 1 heterocycles. The van der Waals surface area contributed by atoms with Crippen molar-refractivity contribution < 1.29 is 17.9 Å². The van der Waals surface area contributed by atoms with Gasteiger partial charge in [0.15, 0.2) is 11.6 Å². The zero-order chi connectivity index (χ0) is 24.8. The van der Waals surface area contributed by atoms with Crippen molar-refractivity contribution in [3.63, 3.8) is 0 Å². The number of aryl methyl sites for hydroxylation is 2. The molecule has 1 aliphatic heterocycles. The minimum Gasteiger partial charge on any atom is -0.487 e. The first-order valence-corrected chi connectivity index (χ1v) is 14.8. The fourth-order valence-corrected chi connectivity index (χ4v) is 7.35. The van der Waals surface area contributed by atoms with Gasteiger partial charge < -0.3 is 4.74 Å². The molecule has 0 saturated heterocycles. The van der Waals surface area contributed by atoms with Crippen molar-refractivity contribution >= 4 is 0 Å². The van der Waals surface area contributed by atoms with Crippen molar-refractivity contribution in [3.05, 3.63) is 28.6 Å². The van der Waals surface area contributed by atoms with Gasteiger partial charge in [0.1, 0.15) is 0 Å². The first kappa shape index (κ1) is 26.9. The van der Waals surface area contributed by atoms with Crippen molar-refractivity contribution in [2.24, 2.45) is 23.7 Å². The maximum Gasteiger partial charge on any atom is 0.267 e. The fourth-order valence-electron chi connectivity index (χ4n) is 7.35. The van der Waals surface area contributed by atoms with Crippen LogP contribution in [0.1, 0.15) is 133 Å². The Morgan fingerprint density at radius 2 is 1.51 bits per heavy atom. The molecule has 35 heavy (non-hydrogen) atoms. The molecule has 0 spiro atoms. The molecular formula is C31H47F3O. The molecule has 0 aromatic heterocycles. The summed E-state index contributed by atoms with van der Waals surface area (Å²) in [5.74, 6) is 2.95. The smallest absolute Gasteiger partial charge is 0.267 e. The van der Waals surface area contributed by atoms with Gasteiger partial charge in [-0.2, -0.15) is 0 Å². The Kier molecular flexibility index (Phi) is 9.87. The summed E-state index contributed by atoms with van der Waals surface area (Å²) in [5.41, 5.74) is 0.861. The maximum absolute atomic E-state index is 15.1. The molecule has 2 saturated carbocycles. The van der Waals surface area contributed by atoms with Gasteiger partial charge in [-0.05, 0) is 92.6 Å². The van der Waals surface area contributed by atoms with Crippen molar-refractivity contribution in [2.75, 3.05) is 0 Å². The number of hydrogen-bond donors (Lipinski definition) is 0. The Hall–Kier alpha value is -1.19. The first-order chi connectivity index (χ1) is 17.0. The molecule has 0 radical (unpaired) electrons. The van der Waals surface area contributed by atoms with Crippen LogP contribution in [-0.4, -0.2) is 6.10 Å². The number of alkyl halides is 2. The monoisotopic (exact) mass is 492 g/mol. The molecule has 4 rings (SSSR count). The van der Waals surface area contributed by atoms with Gasteiger partial charge in [-0.25, -0.2) is 13.2 Å². The summed E-state index contributed by atoms with van der Waals surface area (Å²) in [6.45, 7) is 4.40. The van der Waals surface area contributed by atoms with Crippen molar-refractivity contribution in [1.29, 1.82) is 0 Å². The molecule has 1 nitrogen and oxygen atoms in total. The third-order valence-electron chi connectivity index (χ3n) is 9.61. The summed E-state index contributed by atoms with van der Waals surface area (Å²) in [5, 5.41) is 0. The molecule has 4 heteroatoms. The number of benzene rings is 1. The van der Waals surface area contributed by atoms with Crippen LogP contribution in [-0.2, 0) is 12.8 Å². The van der Waals surface area contributed by atoms with E-state index < -0.39 is 17.8 Å². The minimum absolute atomic E-state index is 0.0557. The first-order valence-electron chi connectivity index (χ1n) is 14.8. The van der Waals surface area contributed by atoms with Crippen molar-refractivity contribution in [2.45, 2.75) is 136 Å². The standard InChI is InChI=1S/C31H47F3O/c1-3-7-27-19-18-26-20-25(28(31(33)34)29(32)30(26)35-27)9-6-5-8-22-12-16-24(17-13-22)23-14-10-21(4-2)11-15-23/h20-24,27,31H,3-19H2,1-2H3. The maximum atomic E-state index is 15.1. The van der Waals surface area contributed by atoms with E-state index in [1.165, 1.54) is 64.2 Å². The number of halogens is 3. The molecule has 1 unspecified atom stereocenters. The Morgan fingerprint density at radius 3 is 2.11 bits per heavy atom. The van der Waals surface area contributed by atoms with Gasteiger partial charge in [0, 0.05) is 0 Å². The van der Waals surface area contributed by atoms with E-state index in [-0.39, 0.29) is 11.9 Å². The lowest BCUT2D eigenvalue weighted by molar-refractivity contribution is 0.133. The second-order valence-corrected chi connectivity index (χ2v) is 11.8. The van der Waals surface area contributed by atoms with E-state index in [2.05, 4.69) is 13.8 Å². The fraction of sp³-hybridized carbons (Fsp3) is 0.806. The zero-order valence-corrected chi connectivity index (χ0v) is 22.1. The number of unbranched alkanes of at least 4 members (excludes halogenated alkanes) is 1. The highest BCUT2D eigenvalue weighted by Crippen LogP contribution is 2.43. The second-order valence-electron chi connectivity index (χ2n) is 11.8. The third-order valence-corrected chi connectivity index (χ3v) is 9.61. The highest BCUT2D eigenvalue weighted by molar-refractivity contribution is 5.46. The van der Waals surface area contributed by atoms with Gasteiger partial charge in [-0.1, -0.05) is 71.3 Å². The van der Waals surface area contributed by atoms with Crippen LogP contribution < -0.4 is 4.74 Å². The second kappa shape index (κ2) is 12.9. The van der Waals surface area contributed by atoms with E-state index in [9.17, 15) is 8.78 Å². The summed E-state index contributed by atoms with van der Waals surface area (Å²) in [7, 11) is 0. The summed E-state index contributed by atoms with van der Waals surface area (Å²) in [6, 6.07) is 1.82. The summed E-state index contributed by atoms with van der Waals surface area (Å²) < 4.78 is 48.6. The summed E-state index contributed by atoms with van der Waals surface area (Å²) in [4.78, 5) is 0. The highest BCUT2D eigenvalue weighted by atomic mass is 19.3. The van der Waals surface area contributed by atoms with E-state index in [0.29, 0.717) is 12.0 Å². The van der Waals surface area contributed by atoms with Gasteiger partial charge in [0.25, 0.3) is 6.43 Å². The molecule has 2 aliphatic carbocycles. The van der Waals surface area contributed by atoms with Crippen molar-refractivity contribution in [3.8, 4) is 5.75 Å². The van der Waals surface area contributed by atoms with Crippen molar-refractivity contribution in [1.82, 2.24) is 0 Å². The van der Waals surface area contributed by atoms with Crippen LogP contribution in [0.15, 0.2) is 6.07 Å². The lowest BCUT2D eigenvalue weighted by atomic mass is 9.68. The van der Waals surface area contributed by atoms with E-state index in [1.54, 1.807) is 0 Å². The number of hydrogen-bond acceptors (Lipinski definition) is 1. The van der Waals surface area contributed by atoms with Gasteiger partial charge in [-0.3, -0.25) is 0 Å². The van der Waals surface area contributed by atoms with Crippen LogP contribution in [0.2, 0.25) is 0 Å². The van der Waals surface area contributed by atoms with E-state index >= 15 is 4.39 Å².